The molecular weight excluding hydrogens is 412 g/mol. The van der Waals surface area contributed by atoms with Crippen LogP contribution in [0, 0.1) is 0 Å². The van der Waals surface area contributed by atoms with Crippen molar-refractivity contribution < 1.29 is 4.79 Å². The van der Waals surface area contributed by atoms with Crippen LogP contribution in [0.1, 0.15) is 21.8 Å². The monoisotopic (exact) mass is 426 g/mol. The Bertz CT molecular complexity index is 1280. The zero-order valence-corrected chi connectivity index (χ0v) is 16.6. The van der Waals surface area contributed by atoms with Crippen molar-refractivity contribution in [1.82, 2.24) is 19.1 Å². The van der Waals surface area contributed by atoms with Gasteiger partial charge in [0.15, 0.2) is 5.78 Å². The first-order valence-electron chi connectivity index (χ1n) is 8.74. The zero-order chi connectivity index (χ0) is 20.4. The van der Waals surface area contributed by atoms with Crippen molar-refractivity contribution in [3.8, 4) is 11.4 Å². The van der Waals surface area contributed by atoms with Crippen molar-refractivity contribution in [2.24, 2.45) is 0 Å². The van der Waals surface area contributed by atoms with Crippen molar-refractivity contribution >= 4 is 28.7 Å². The topological polar surface area (TPSA) is 89.8 Å². The van der Waals surface area contributed by atoms with E-state index in [0.29, 0.717) is 27.7 Å². The summed E-state index contributed by atoms with van der Waals surface area (Å²) in [6.07, 6.45) is 5.89. The first kappa shape index (κ1) is 19.1. The quantitative estimate of drug-likeness (QED) is 0.479. The van der Waals surface area contributed by atoms with Crippen LogP contribution < -0.4 is 11.2 Å². The fourth-order valence-electron chi connectivity index (χ4n) is 2.87. The van der Waals surface area contributed by atoms with Crippen molar-refractivity contribution in [3.05, 3.63) is 96.9 Å². The molecule has 0 unspecified atom stereocenters. The van der Waals surface area contributed by atoms with Crippen LogP contribution in [0.2, 0.25) is 4.34 Å². The first-order chi connectivity index (χ1) is 14.0. The fourth-order valence-corrected chi connectivity index (χ4v) is 3.88. The number of hydrogen-bond acceptors (Lipinski definition) is 5. The third-order valence-corrected chi connectivity index (χ3v) is 5.61. The van der Waals surface area contributed by atoms with Gasteiger partial charge in [0, 0.05) is 30.6 Å². The lowest BCUT2D eigenvalue weighted by Gasteiger charge is -2.06. The number of H-pyrrole nitrogens is 1. The Morgan fingerprint density at radius 1 is 1.07 bits per heavy atom. The van der Waals surface area contributed by atoms with Crippen molar-refractivity contribution in [2.75, 3.05) is 0 Å². The molecule has 1 aromatic carbocycles. The molecule has 0 radical (unpaired) electrons. The maximum absolute atomic E-state index is 12.2. The molecule has 4 aromatic rings. The Morgan fingerprint density at radius 3 is 2.52 bits per heavy atom. The van der Waals surface area contributed by atoms with Crippen molar-refractivity contribution in [3.63, 3.8) is 0 Å². The van der Waals surface area contributed by atoms with Gasteiger partial charge >= 0.3 is 5.69 Å². The molecule has 0 atom stereocenters. The number of thiophene rings is 1. The van der Waals surface area contributed by atoms with E-state index in [2.05, 4.69) is 9.97 Å². The molecule has 146 valence electrons. The van der Waals surface area contributed by atoms with Gasteiger partial charge in [0.1, 0.15) is 0 Å². The number of aromatic amines is 1. The Morgan fingerprint density at radius 2 is 1.83 bits per heavy atom. The Hall–Kier alpha value is -3.23. The summed E-state index contributed by atoms with van der Waals surface area (Å²) in [6, 6.07) is 12.0. The lowest BCUT2D eigenvalue weighted by molar-refractivity contribution is 0.0986. The largest absolute Gasteiger partial charge is 0.332 e. The van der Waals surface area contributed by atoms with E-state index in [4.69, 9.17) is 11.6 Å². The first-order valence-corrected chi connectivity index (χ1v) is 9.93. The maximum atomic E-state index is 12.2. The number of rotatable bonds is 6. The third-order valence-electron chi connectivity index (χ3n) is 4.34. The van der Waals surface area contributed by atoms with Crippen LogP contribution in [0.4, 0.5) is 0 Å². The van der Waals surface area contributed by atoms with Gasteiger partial charge in [0.2, 0.25) is 0 Å². The highest BCUT2D eigenvalue weighted by Gasteiger charge is 2.10. The summed E-state index contributed by atoms with van der Waals surface area (Å²) >= 11 is 7.16. The van der Waals surface area contributed by atoms with E-state index in [1.54, 1.807) is 30.6 Å². The molecule has 29 heavy (non-hydrogen) atoms. The molecule has 0 amide bonds. The number of hydrogen-bond donors (Lipinski definition) is 1. The molecule has 3 heterocycles. The molecule has 0 spiro atoms. The van der Waals surface area contributed by atoms with Crippen molar-refractivity contribution in [2.45, 2.75) is 12.8 Å². The van der Waals surface area contributed by atoms with E-state index in [1.165, 1.54) is 28.2 Å². The van der Waals surface area contributed by atoms with Crippen molar-refractivity contribution in [1.29, 1.82) is 0 Å². The summed E-state index contributed by atoms with van der Waals surface area (Å²) in [5, 5.41) is 0. The van der Waals surface area contributed by atoms with Gasteiger partial charge in [-0.3, -0.25) is 19.1 Å². The van der Waals surface area contributed by atoms with E-state index >= 15 is 0 Å². The molecule has 0 fully saturated rings. The summed E-state index contributed by atoms with van der Waals surface area (Å²) in [7, 11) is 0. The lowest BCUT2D eigenvalue weighted by Crippen LogP contribution is -2.27. The molecule has 3 aromatic heterocycles. The van der Waals surface area contributed by atoms with Crippen LogP contribution in [0.15, 0.2) is 70.8 Å². The number of aryl methyl sites for hydroxylation is 1. The molecule has 0 saturated heterocycles. The molecule has 0 bridgehead atoms. The Balaban J connectivity index is 1.46. The van der Waals surface area contributed by atoms with Crippen LogP contribution in [0.5, 0.6) is 0 Å². The fraction of sp³-hybridized carbons (Fsp3) is 0.100. The Labute approximate surface area is 173 Å². The molecule has 1 N–H and O–H groups in total. The van der Waals surface area contributed by atoms with Gasteiger partial charge in [-0.25, -0.2) is 9.78 Å². The van der Waals surface area contributed by atoms with E-state index in [1.807, 2.05) is 22.9 Å². The average molecular weight is 427 g/mol. The highest BCUT2D eigenvalue weighted by atomic mass is 35.5. The molecule has 0 aliphatic rings. The highest BCUT2D eigenvalue weighted by Crippen LogP contribution is 2.23. The summed E-state index contributed by atoms with van der Waals surface area (Å²) in [5.41, 5.74) is 1.38. The number of nitrogens with one attached hydrogen (secondary N) is 1. The number of aromatic nitrogens is 4. The van der Waals surface area contributed by atoms with E-state index in [-0.39, 0.29) is 5.78 Å². The van der Waals surface area contributed by atoms with Crippen LogP contribution in [0.3, 0.4) is 0 Å². The molecule has 0 aliphatic carbocycles. The van der Waals surface area contributed by atoms with Gasteiger partial charge in [0.25, 0.3) is 5.56 Å². The highest BCUT2D eigenvalue weighted by molar-refractivity contribution is 7.18. The van der Waals surface area contributed by atoms with E-state index in [0.717, 1.165) is 11.4 Å². The number of benzene rings is 1. The molecule has 7 nitrogen and oxygen atoms in total. The Kier molecular flexibility index (Phi) is 5.28. The number of Topliss-reactive ketones (excluding diaryl/α,β-unsaturated/α-hetero) is 1. The van der Waals surface area contributed by atoms with E-state index in [9.17, 15) is 14.4 Å². The summed E-state index contributed by atoms with van der Waals surface area (Å²) < 4.78 is 3.80. The molecular formula is C20H15ClN4O3S. The SMILES string of the molecule is O=C(CCc1cn(-c2ccc(-n3ccc(=O)[nH]c3=O)cc2)cn1)c1ccc(Cl)s1. The molecule has 9 heteroatoms. The number of imidazole rings is 1. The van der Waals surface area contributed by atoms with Crippen LogP contribution in [0.25, 0.3) is 11.4 Å². The minimum absolute atomic E-state index is 0.0483. The smallest absolute Gasteiger partial charge is 0.306 e. The van der Waals surface area contributed by atoms with Gasteiger partial charge in [-0.15, -0.1) is 11.3 Å². The van der Waals surface area contributed by atoms with Gasteiger partial charge in [-0.1, -0.05) is 11.6 Å². The number of halogens is 1. The second-order valence-corrected chi connectivity index (χ2v) is 8.01. The van der Waals surface area contributed by atoms with Gasteiger partial charge in [-0.2, -0.15) is 0 Å². The van der Waals surface area contributed by atoms with Crippen LogP contribution >= 0.6 is 22.9 Å². The minimum atomic E-state index is -0.494. The van der Waals surface area contributed by atoms with Crippen LogP contribution in [-0.2, 0) is 6.42 Å². The number of nitrogens with zero attached hydrogens (tertiary/aromatic N) is 3. The van der Waals surface area contributed by atoms with Gasteiger partial charge in [0.05, 0.1) is 26.9 Å². The second-order valence-electron chi connectivity index (χ2n) is 6.30. The zero-order valence-electron chi connectivity index (χ0n) is 15.0. The third kappa shape index (κ3) is 4.28. The van der Waals surface area contributed by atoms with Crippen LogP contribution in [-0.4, -0.2) is 24.9 Å². The molecule has 0 saturated carbocycles. The maximum Gasteiger partial charge on any atom is 0.332 e. The van der Waals surface area contributed by atoms with E-state index < -0.39 is 11.2 Å². The van der Waals surface area contributed by atoms with Gasteiger partial charge < -0.3 is 4.57 Å². The predicted octanol–water partition coefficient (Wildman–Crippen LogP) is 3.24. The summed E-state index contributed by atoms with van der Waals surface area (Å²) in [5.74, 6) is 0.0483. The summed E-state index contributed by atoms with van der Waals surface area (Å²) in [4.78, 5) is 42.5. The molecule has 0 aliphatic heterocycles. The normalized spacial score (nSPS) is 10.9. The lowest BCUT2D eigenvalue weighted by atomic mass is 10.1. The minimum Gasteiger partial charge on any atom is -0.306 e. The standard InChI is InChI=1S/C20H15ClN4O3S/c21-18-8-7-17(29-18)16(26)6-1-13-11-24(12-22-13)14-2-4-15(5-3-14)25-10-9-19(27)23-20(25)28/h2-5,7-12H,1,6H2,(H,23,27,28). The second kappa shape index (κ2) is 8.02. The number of ketones is 1. The number of carbonyl (C=O) groups is 1. The average Bonchev–Trinajstić information content (AvgIpc) is 3.36. The van der Waals surface area contributed by atoms with Gasteiger partial charge in [-0.05, 0) is 42.8 Å². The summed E-state index contributed by atoms with van der Waals surface area (Å²) in [6.45, 7) is 0. The molecule has 4 rings (SSSR count). The number of carbonyl (C=O) groups excluding carboxylic acids is 1. The predicted molar refractivity (Wildman–Crippen MR) is 112 cm³/mol.